The quantitative estimate of drug-likeness (QED) is 0.350. The van der Waals surface area contributed by atoms with Crippen LogP contribution in [0.15, 0.2) is 23.4 Å². The van der Waals surface area contributed by atoms with Crippen LogP contribution in [0.1, 0.15) is 18.5 Å². The van der Waals surface area contributed by atoms with Crippen molar-refractivity contribution in [2.24, 2.45) is 10.9 Å². The standard InChI is InChI=1S/C13H19N5O/c14-13(16-19)11-4-1-5-12(15-11)18-8-7-17-6-2-3-10(17)9-18/h1,4-5,10,19H,2-3,6-9H2,(H2,14,16). The van der Waals surface area contributed by atoms with Gasteiger partial charge >= 0.3 is 0 Å². The van der Waals surface area contributed by atoms with Crippen molar-refractivity contribution in [2.75, 3.05) is 31.1 Å². The molecule has 0 saturated carbocycles. The summed E-state index contributed by atoms with van der Waals surface area (Å²) in [5.41, 5.74) is 6.11. The maximum absolute atomic E-state index is 8.72. The van der Waals surface area contributed by atoms with Gasteiger partial charge in [-0.3, -0.25) is 4.90 Å². The third-order valence-corrected chi connectivity index (χ3v) is 4.02. The van der Waals surface area contributed by atoms with E-state index in [4.69, 9.17) is 10.9 Å². The number of fused-ring (bicyclic) bond motifs is 1. The smallest absolute Gasteiger partial charge is 0.188 e. The summed E-state index contributed by atoms with van der Waals surface area (Å²) in [5, 5.41) is 11.7. The van der Waals surface area contributed by atoms with Crippen LogP contribution in [0, 0.1) is 0 Å². The van der Waals surface area contributed by atoms with Crippen molar-refractivity contribution in [3.8, 4) is 0 Å². The molecule has 1 aromatic heterocycles. The molecule has 0 aliphatic carbocycles. The molecule has 3 heterocycles. The minimum Gasteiger partial charge on any atom is -0.409 e. The molecule has 102 valence electrons. The number of oxime groups is 1. The van der Waals surface area contributed by atoms with Gasteiger partial charge in [0.05, 0.1) is 0 Å². The normalized spacial score (nSPS) is 24.5. The van der Waals surface area contributed by atoms with Gasteiger partial charge in [0.25, 0.3) is 0 Å². The second-order valence-electron chi connectivity index (χ2n) is 5.14. The van der Waals surface area contributed by atoms with Crippen LogP contribution in [-0.4, -0.2) is 53.1 Å². The predicted molar refractivity (Wildman–Crippen MR) is 73.6 cm³/mol. The summed E-state index contributed by atoms with van der Waals surface area (Å²) in [4.78, 5) is 9.32. The number of rotatable bonds is 2. The zero-order valence-electron chi connectivity index (χ0n) is 10.9. The van der Waals surface area contributed by atoms with E-state index in [0.717, 1.165) is 25.5 Å². The van der Waals surface area contributed by atoms with Crippen LogP contribution >= 0.6 is 0 Å². The van der Waals surface area contributed by atoms with Crippen molar-refractivity contribution < 1.29 is 5.21 Å². The molecule has 0 aromatic carbocycles. The first kappa shape index (κ1) is 12.2. The highest BCUT2D eigenvalue weighted by atomic mass is 16.4. The number of aromatic nitrogens is 1. The molecule has 3 rings (SSSR count). The lowest BCUT2D eigenvalue weighted by Gasteiger charge is -2.38. The van der Waals surface area contributed by atoms with E-state index in [1.165, 1.54) is 19.4 Å². The maximum atomic E-state index is 8.72. The van der Waals surface area contributed by atoms with Gasteiger partial charge in [0.2, 0.25) is 0 Å². The number of nitrogens with two attached hydrogens (primary N) is 1. The number of nitrogens with zero attached hydrogens (tertiary/aromatic N) is 4. The Hall–Kier alpha value is -1.82. The lowest BCUT2D eigenvalue weighted by atomic mass is 10.1. The number of hydrogen-bond acceptors (Lipinski definition) is 5. The van der Waals surface area contributed by atoms with Crippen LogP contribution in [0.25, 0.3) is 0 Å². The van der Waals surface area contributed by atoms with E-state index >= 15 is 0 Å². The first-order valence-corrected chi connectivity index (χ1v) is 6.72. The van der Waals surface area contributed by atoms with Crippen molar-refractivity contribution in [1.82, 2.24) is 9.88 Å². The van der Waals surface area contributed by atoms with Gasteiger partial charge in [-0.2, -0.15) is 0 Å². The predicted octanol–water partition coefficient (Wildman–Crippen LogP) is 0.460. The Labute approximate surface area is 112 Å². The molecule has 0 amide bonds. The minimum atomic E-state index is 0.0568. The van der Waals surface area contributed by atoms with Gasteiger partial charge in [0.15, 0.2) is 5.84 Å². The van der Waals surface area contributed by atoms with Crippen LogP contribution in [-0.2, 0) is 0 Å². The summed E-state index contributed by atoms with van der Waals surface area (Å²) in [6.45, 7) is 4.34. The molecule has 0 bridgehead atoms. The van der Waals surface area contributed by atoms with E-state index < -0.39 is 0 Å². The van der Waals surface area contributed by atoms with Gasteiger partial charge in [-0.05, 0) is 31.5 Å². The second-order valence-corrected chi connectivity index (χ2v) is 5.14. The molecular weight excluding hydrogens is 242 g/mol. The molecule has 2 fully saturated rings. The molecule has 1 aromatic rings. The summed E-state index contributed by atoms with van der Waals surface area (Å²) in [6.07, 6.45) is 2.58. The van der Waals surface area contributed by atoms with Gasteiger partial charge in [-0.25, -0.2) is 4.98 Å². The Morgan fingerprint density at radius 2 is 2.26 bits per heavy atom. The fourth-order valence-corrected chi connectivity index (χ4v) is 2.99. The molecule has 3 N–H and O–H groups in total. The summed E-state index contributed by atoms with van der Waals surface area (Å²) in [5.74, 6) is 0.969. The lowest BCUT2D eigenvalue weighted by Crippen LogP contribution is -2.50. The topological polar surface area (TPSA) is 78.0 Å². The van der Waals surface area contributed by atoms with Crippen molar-refractivity contribution in [3.63, 3.8) is 0 Å². The van der Waals surface area contributed by atoms with Crippen LogP contribution in [0.4, 0.5) is 5.82 Å². The van der Waals surface area contributed by atoms with E-state index in [0.29, 0.717) is 11.7 Å². The molecular formula is C13H19N5O. The molecule has 1 unspecified atom stereocenters. The Morgan fingerprint density at radius 1 is 1.37 bits per heavy atom. The van der Waals surface area contributed by atoms with Crippen molar-refractivity contribution >= 4 is 11.7 Å². The van der Waals surface area contributed by atoms with Crippen LogP contribution in [0.2, 0.25) is 0 Å². The number of pyridine rings is 1. The molecule has 0 radical (unpaired) electrons. The van der Waals surface area contributed by atoms with Crippen LogP contribution in [0.3, 0.4) is 0 Å². The first-order chi connectivity index (χ1) is 9.28. The van der Waals surface area contributed by atoms with Crippen molar-refractivity contribution in [3.05, 3.63) is 23.9 Å². The lowest BCUT2D eigenvalue weighted by molar-refractivity contribution is 0.230. The van der Waals surface area contributed by atoms with E-state index in [9.17, 15) is 0 Å². The van der Waals surface area contributed by atoms with E-state index in [-0.39, 0.29) is 5.84 Å². The Balaban J connectivity index is 1.78. The van der Waals surface area contributed by atoms with E-state index in [2.05, 4.69) is 19.9 Å². The highest BCUT2D eigenvalue weighted by Gasteiger charge is 2.30. The summed E-state index contributed by atoms with van der Waals surface area (Å²) in [7, 11) is 0. The Morgan fingerprint density at radius 3 is 3.11 bits per heavy atom. The zero-order valence-corrected chi connectivity index (χ0v) is 10.9. The summed E-state index contributed by atoms with van der Waals surface area (Å²) in [6, 6.07) is 6.29. The van der Waals surface area contributed by atoms with Gasteiger partial charge in [-0.1, -0.05) is 11.2 Å². The minimum absolute atomic E-state index is 0.0568. The number of anilines is 1. The van der Waals surface area contributed by atoms with Gasteiger partial charge in [0, 0.05) is 25.7 Å². The number of amidine groups is 1. The molecule has 6 heteroatoms. The van der Waals surface area contributed by atoms with Gasteiger partial charge in [0.1, 0.15) is 11.5 Å². The largest absolute Gasteiger partial charge is 0.409 e. The molecule has 6 nitrogen and oxygen atoms in total. The Bertz CT molecular complexity index is 490. The zero-order chi connectivity index (χ0) is 13.2. The fraction of sp³-hybridized carbons (Fsp3) is 0.538. The first-order valence-electron chi connectivity index (χ1n) is 6.72. The summed E-state index contributed by atoms with van der Waals surface area (Å²) < 4.78 is 0. The molecule has 19 heavy (non-hydrogen) atoms. The Kier molecular flexibility index (Phi) is 3.25. The van der Waals surface area contributed by atoms with Gasteiger partial charge < -0.3 is 15.8 Å². The second kappa shape index (κ2) is 5.05. The molecule has 2 saturated heterocycles. The van der Waals surface area contributed by atoms with E-state index in [1.54, 1.807) is 6.07 Å². The highest BCUT2D eigenvalue weighted by molar-refractivity contribution is 5.95. The monoisotopic (exact) mass is 261 g/mol. The molecule has 0 spiro atoms. The van der Waals surface area contributed by atoms with E-state index in [1.807, 2.05) is 12.1 Å². The average molecular weight is 261 g/mol. The van der Waals surface area contributed by atoms with Crippen molar-refractivity contribution in [2.45, 2.75) is 18.9 Å². The fourth-order valence-electron chi connectivity index (χ4n) is 2.99. The van der Waals surface area contributed by atoms with Crippen LogP contribution < -0.4 is 10.6 Å². The van der Waals surface area contributed by atoms with Gasteiger partial charge in [-0.15, -0.1) is 0 Å². The molecule has 2 aliphatic heterocycles. The number of hydrogen-bond donors (Lipinski definition) is 2. The summed E-state index contributed by atoms with van der Waals surface area (Å²) >= 11 is 0. The molecule has 2 aliphatic rings. The SMILES string of the molecule is NC(=NO)c1cccc(N2CCN3CCCC3C2)n1. The highest BCUT2D eigenvalue weighted by Crippen LogP contribution is 2.24. The molecule has 1 atom stereocenters. The van der Waals surface area contributed by atoms with Crippen molar-refractivity contribution in [1.29, 1.82) is 0 Å². The van der Waals surface area contributed by atoms with Crippen LogP contribution in [0.5, 0.6) is 0 Å². The third kappa shape index (κ3) is 2.35. The number of piperazine rings is 1. The maximum Gasteiger partial charge on any atom is 0.188 e. The third-order valence-electron chi connectivity index (χ3n) is 4.02. The average Bonchev–Trinajstić information content (AvgIpc) is 2.94.